The minimum atomic E-state index is -0.474. The van der Waals surface area contributed by atoms with E-state index in [1.54, 1.807) is 0 Å². The molecule has 0 unspecified atom stereocenters. The Bertz CT molecular complexity index is 1020. The monoisotopic (exact) mass is 400 g/mol. The largest absolute Gasteiger partial charge is 0.354 e. The van der Waals surface area contributed by atoms with Gasteiger partial charge in [0, 0.05) is 26.2 Å². The number of benzene rings is 1. The fourth-order valence-corrected chi connectivity index (χ4v) is 3.94. The Morgan fingerprint density at radius 3 is 2.68 bits per heavy atom. The zero-order valence-electron chi connectivity index (χ0n) is 15.5. The van der Waals surface area contributed by atoms with E-state index in [1.165, 1.54) is 17.7 Å². The highest BCUT2D eigenvalue weighted by Gasteiger charge is 2.26. The number of fused-ring (bicyclic) bond motifs is 1. The van der Waals surface area contributed by atoms with Gasteiger partial charge in [0.15, 0.2) is 5.13 Å². The van der Waals surface area contributed by atoms with Gasteiger partial charge in [-0.15, -0.1) is 0 Å². The molecule has 3 heterocycles. The zero-order valence-corrected chi connectivity index (χ0v) is 16.4. The van der Waals surface area contributed by atoms with Crippen molar-refractivity contribution < 1.29 is 4.92 Å². The molecule has 3 aromatic rings. The molecule has 10 nitrogen and oxygen atoms in total. The van der Waals surface area contributed by atoms with E-state index in [9.17, 15) is 10.1 Å². The summed E-state index contributed by atoms with van der Waals surface area (Å²) in [5.74, 6) is 0.288. The molecule has 2 N–H and O–H groups in total. The molecule has 1 saturated heterocycles. The van der Waals surface area contributed by atoms with Gasteiger partial charge in [-0.05, 0) is 31.7 Å². The molecule has 0 radical (unpaired) electrons. The van der Waals surface area contributed by atoms with Crippen LogP contribution in [-0.4, -0.2) is 63.0 Å². The summed E-state index contributed by atoms with van der Waals surface area (Å²) in [7, 11) is 2.05. The first-order valence-electron chi connectivity index (χ1n) is 8.83. The van der Waals surface area contributed by atoms with E-state index in [2.05, 4.69) is 30.6 Å². The first-order valence-corrected chi connectivity index (χ1v) is 9.65. The van der Waals surface area contributed by atoms with Crippen LogP contribution in [0, 0.1) is 17.0 Å². The standard InChI is InChI=1S/C17H20N8O2S/c1-11-3-4-12-13(9-11)28-17(20-12)21-15-14(25(26)27)16(19-10-18-15)22-24-7-5-23(2)6-8-24/h3-4,9-10H,5-8H2,1-2H3,(H2,18,19,20,21,22). The Labute approximate surface area is 165 Å². The van der Waals surface area contributed by atoms with E-state index < -0.39 is 4.92 Å². The van der Waals surface area contributed by atoms with Crippen LogP contribution in [0.3, 0.4) is 0 Å². The fraction of sp³-hybridized carbons (Fsp3) is 0.353. The lowest BCUT2D eigenvalue weighted by atomic mass is 10.2. The molecule has 2 aromatic heterocycles. The summed E-state index contributed by atoms with van der Waals surface area (Å²) in [6, 6.07) is 5.95. The summed E-state index contributed by atoms with van der Waals surface area (Å²) in [6.45, 7) is 5.26. The molecular weight excluding hydrogens is 380 g/mol. The maximum atomic E-state index is 11.7. The Kier molecular flexibility index (Phi) is 5.03. The predicted octanol–water partition coefficient (Wildman–Crippen LogP) is 2.62. The molecule has 4 rings (SSSR count). The van der Waals surface area contributed by atoms with E-state index in [0.717, 1.165) is 42.0 Å². The number of hydrogen-bond acceptors (Lipinski definition) is 10. The van der Waals surface area contributed by atoms with Gasteiger partial charge in [0.2, 0.25) is 11.6 Å². The van der Waals surface area contributed by atoms with Gasteiger partial charge in [0.05, 0.1) is 15.1 Å². The van der Waals surface area contributed by atoms with Crippen LogP contribution in [0.15, 0.2) is 24.5 Å². The molecule has 0 aliphatic carbocycles. The number of nitro groups is 1. The van der Waals surface area contributed by atoms with E-state index >= 15 is 0 Å². The van der Waals surface area contributed by atoms with Gasteiger partial charge in [0.25, 0.3) is 0 Å². The maximum absolute atomic E-state index is 11.7. The van der Waals surface area contributed by atoms with Gasteiger partial charge >= 0.3 is 5.69 Å². The molecule has 1 aromatic carbocycles. The molecule has 0 spiro atoms. The smallest absolute Gasteiger partial charge is 0.310 e. The minimum absolute atomic E-state index is 0.118. The number of hydrogen-bond donors (Lipinski definition) is 2. The molecule has 1 fully saturated rings. The third-order valence-electron chi connectivity index (χ3n) is 4.54. The van der Waals surface area contributed by atoms with Crippen molar-refractivity contribution in [3.8, 4) is 0 Å². The van der Waals surface area contributed by atoms with E-state index in [1.807, 2.05) is 37.2 Å². The highest BCUT2D eigenvalue weighted by molar-refractivity contribution is 7.22. The summed E-state index contributed by atoms with van der Waals surface area (Å²) < 4.78 is 1.01. The maximum Gasteiger partial charge on any atom is 0.354 e. The molecule has 0 saturated carbocycles. The van der Waals surface area contributed by atoms with Crippen LogP contribution in [-0.2, 0) is 0 Å². The van der Waals surface area contributed by atoms with E-state index in [0.29, 0.717) is 5.13 Å². The van der Waals surface area contributed by atoms with Crippen LogP contribution >= 0.6 is 11.3 Å². The normalized spacial score (nSPS) is 15.6. The number of nitrogens with zero attached hydrogens (tertiary/aromatic N) is 6. The molecule has 0 atom stereocenters. The number of anilines is 3. The lowest BCUT2D eigenvalue weighted by Crippen LogP contribution is -2.47. The number of rotatable bonds is 5. The number of aromatic nitrogens is 3. The van der Waals surface area contributed by atoms with E-state index in [-0.39, 0.29) is 17.3 Å². The predicted molar refractivity (Wildman–Crippen MR) is 109 cm³/mol. The third kappa shape index (κ3) is 3.86. The highest BCUT2D eigenvalue weighted by atomic mass is 32.1. The van der Waals surface area contributed by atoms with Gasteiger partial charge in [-0.25, -0.2) is 20.0 Å². The summed E-state index contributed by atoms with van der Waals surface area (Å²) >= 11 is 1.43. The SMILES string of the molecule is Cc1ccc2nc(Nc3ncnc(NN4CCN(C)CC4)c3[N+](=O)[O-])sc2c1. The molecule has 0 amide bonds. The van der Waals surface area contributed by atoms with Crippen molar-refractivity contribution in [3.63, 3.8) is 0 Å². The van der Waals surface area contributed by atoms with Crippen molar-refractivity contribution in [2.75, 3.05) is 44.0 Å². The average molecular weight is 400 g/mol. The minimum Gasteiger partial charge on any atom is -0.310 e. The van der Waals surface area contributed by atoms with Crippen LogP contribution in [0.4, 0.5) is 22.5 Å². The van der Waals surface area contributed by atoms with Gasteiger partial charge in [-0.3, -0.25) is 15.5 Å². The topological polar surface area (TPSA) is 112 Å². The van der Waals surface area contributed by atoms with Crippen LogP contribution in [0.2, 0.25) is 0 Å². The molecule has 0 bridgehead atoms. The van der Waals surface area contributed by atoms with Crippen molar-refractivity contribution >= 4 is 44.0 Å². The second-order valence-electron chi connectivity index (χ2n) is 6.69. The summed E-state index contributed by atoms with van der Waals surface area (Å²) in [4.78, 5) is 26.1. The number of aryl methyl sites for hydroxylation is 1. The quantitative estimate of drug-likeness (QED) is 0.493. The van der Waals surface area contributed by atoms with Gasteiger partial charge < -0.3 is 10.2 Å². The molecule has 11 heteroatoms. The number of nitrogens with one attached hydrogen (secondary N) is 2. The van der Waals surface area contributed by atoms with Crippen LogP contribution in [0.25, 0.3) is 10.2 Å². The van der Waals surface area contributed by atoms with Crippen LogP contribution in [0.5, 0.6) is 0 Å². The Morgan fingerprint density at radius 1 is 1.18 bits per heavy atom. The lowest BCUT2D eigenvalue weighted by molar-refractivity contribution is -0.383. The fourth-order valence-electron chi connectivity index (χ4n) is 2.98. The Hall–Kier alpha value is -2.89. The molecule has 1 aliphatic heterocycles. The second-order valence-corrected chi connectivity index (χ2v) is 7.72. The number of piperazine rings is 1. The Balaban J connectivity index is 1.61. The van der Waals surface area contributed by atoms with Crippen LogP contribution in [0.1, 0.15) is 5.56 Å². The van der Waals surface area contributed by atoms with Crippen molar-refractivity contribution in [1.29, 1.82) is 0 Å². The summed E-state index contributed by atoms with van der Waals surface area (Å²) in [6.07, 6.45) is 1.31. The van der Waals surface area contributed by atoms with Crippen molar-refractivity contribution in [1.82, 2.24) is 24.9 Å². The Morgan fingerprint density at radius 2 is 1.93 bits per heavy atom. The van der Waals surface area contributed by atoms with Gasteiger partial charge in [-0.1, -0.05) is 17.4 Å². The molecule has 1 aliphatic rings. The van der Waals surface area contributed by atoms with E-state index in [4.69, 9.17) is 0 Å². The summed E-state index contributed by atoms with van der Waals surface area (Å²) in [5, 5.41) is 17.2. The third-order valence-corrected chi connectivity index (χ3v) is 5.48. The number of likely N-dealkylation sites (N-methyl/N-ethyl adjacent to an activating group) is 1. The number of hydrazine groups is 1. The second kappa shape index (κ2) is 7.62. The van der Waals surface area contributed by atoms with Crippen LogP contribution < -0.4 is 10.7 Å². The van der Waals surface area contributed by atoms with Gasteiger partial charge in [-0.2, -0.15) is 0 Å². The van der Waals surface area contributed by atoms with Crippen molar-refractivity contribution in [3.05, 3.63) is 40.2 Å². The zero-order chi connectivity index (χ0) is 19.7. The van der Waals surface area contributed by atoms with Crippen molar-refractivity contribution in [2.45, 2.75) is 6.92 Å². The number of thiazole rings is 1. The summed E-state index contributed by atoms with van der Waals surface area (Å²) in [5.41, 5.74) is 4.84. The van der Waals surface area contributed by atoms with Gasteiger partial charge in [0.1, 0.15) is 6.33 Å². The molecular formula is C17H20N8O2S. The first-order chi connectivity index (χ1) is 13.5. The average Bonchev–Trinajstić information content (AvgIpc) is 3.05. The first kappa shape index (κ1) is 18.5. The van der Waals surface area contributed by atoms with Crippen molar-refractivity contribution in [2.24, 2.45) is 0 Å². The molecule has 146 valence electrons. The highest BCUT2D eigenvalue weighted by Crippen LogP contribution is 2.34. The lowest BCUT2D eigenvalue weighted by Gasteiger charge is -2.32. The molecule has 28 heavy (non-hydrogen) atoms.